The Hall–Kier alpha value is -9.78. The highest BCUT2D eigenvalue weighted by Gasteiger charge is 2.25. The van der Waals surface area contributed by atoms with Crippen molar-refractivity contribution in [3.05, 3.63) is 231 Å². The van der Waals surface area contributed by atoms with Crippen LogP contribution in [0.15, 0.2) is 239 Å². The molecule has 0 unspecified atom stereocenters. The van der Waals surface area contributed by atoms with Gasteiger partial charge in [-0.05, 0) is 109 Å². The zero-order valence-corrected chi connectivity index (χ0v) is 38.5. The lowest BCUT2D eigenvalue weighted by Gasteiger charge is -2.17. The Labute approximate surface area is 409 Å². The summed E-state index contributed by atoms with van der Waals surface area (Å²) in [6, 6.07) is 83.5. The van der Waals surface area contributed by atoms with Crippen molar-refractivity contribution in [1.82, 2.24) is 18.3 Å². The summed E-state index contributed by atoms with van der Waals surface area (Å²) in [7, 11) is 0. The number of nitrogens with zero attached hydrogens (tertiary/aromatic N) is 4. The number of rotatable bonds is 4. The molecule has 0 saturated carbocycles. The van der Waals surface area contributed by atoms with Gasteiger partial charge in [-0.1, -0.05) is 121 Å². The largest absolute Gasteiger partial charge is 0.455 e. The Balaban J connectivity index is 0.978. The summed E-state index contributed by atoms with van der Waals surface area (Å²) in [4.78, 5) is 0. The van der Waals surface area contributed by atoms with Gasteiger partial charge in [0.2, 0.25) is 0 Å². The lowest BCUT2D eigenvalue weighted by atomic mass is 10.1. The average Bonchev–Trinajstić information content (AvgIpc) is 4.28. The van der Waals surface area contributed by atoms with E-state index in [0.29, 0.717) is 0 Å². The summed E-state index contributed by atoms with van der Waals surface area (Å²) in [6.07, 6.45) is 0. The molecule has 0 spiro atoms. The Morgan fingerprint density at radius 2 is 0.542 bits per heavy atom. The molecule has 0 saturated heterocycles. The minimum atomic E-state index is 0.877. The van der Waals surface area contributed by atoms with Gasteiger partial charge >= 0.3 is 0 Å². The zero-order valence-electron chi connectivity index (χ0n) is 38.5. The normalized spacial score (nSPS) is 12.4. The predicted molar refractivity (Wildman–Crippen MR) is 298 cm³/mol. The van der Waals surface area contributed by atoms with Gasteiger partial charge in [-0.25, -0.2) is 0 Å². The maximum Gasteiger partial charge on any atom is 0.145 e. The molecular weight excluding hydrogens is 881 g/mol. The van der Waals surface area contributed by atoms with Crippen molar-refractivity contribution >= 4 is 131 Å². The van der Waals surface area contributed by atoms with E-state index in [1.165, 1.54) is 43.6 Å². The number of para-hydroxylation sites is 8. The molecule has 0 aliphatic rings. The molecule has 6 heterocycles. The standard InChI is InChI=1S/C66H38N4O2/c1-7-21-51-41(15-1)42-16-2-8-22-52(42)67(51)39-29-33-55-49(37-39)63-59(35-31-47-45-19-5-13-27-61(45)71-65(47)63)69(55)57-25-11-12-26-58(57)70-56-34-30-40(68-53-23-9-3-17-43(53)44-18-4-10-24-54(44)68)38-50(56)64-60(70)36-32-48-46-20-6-14-28-62(46)72-66(48)64/h1-38H. The van der Waals surface area contributed by atoms with E-state index in [2.05, 4.69) is 249 Å². The third kappa shape index (κ3) is 4.92. The van der Waals surface area contributed by atoms with Crippen molar-refractivity contribution in [2.24, 2.45) is 0 Å². The number of furan rings is 2. The van der Waals surface area contributed by atoms with E-state index in [1.54, 1.807) is 0 Å². The highest BCUT2D eigenvalue weighted by molar-refractivity contribution is 6.26. The summed E-state index contributed by atoms with van der Waals surface area (Å²) in [6.45, 7) is 0. The molecular formula is C66H38N4O2. The molecule has 0 aliphatic carbocycles. The highest BCUT2D eigenvalue weighted by Crippen LogP contribution is 2.46. The molecule has 17 rings (SSSR count). The van der Waals surface area contributed by atoms with Gasteiger partial charge in [-0.3, -0.25) is 0 Å². The van der Waals surface area contributed by atoms with E-state index in [4.69, 9.17) is 8.83 Å². The third-order valence-electron chi connectivity index (χ3n) is 15.6. The van der Waals surface area contributed by atoms with Crippen LogP contribution in [0, 0.1) is 0 Å². The monoisotopic (exact) mass is 918 g/mol. The Morgan fingerprint density at radius 1 is 0.222 bits per heavy atom. The van der Waals surface area contributed by atoms with Crippen LogP contribution >= 0.6 is 0 Å². The molecule has 0 aliphatic heterocycles. The van der Waals surface area contributed by atoms with Gasteiger partial charge in [0.05, 0.1) is 66.3 Å². The summed E-state index contributed by atoms with van der Waals surface area (Å²) in [5.74, 6) is 0. The van der Waals surface area contributed by atoms with Gasteiger partial charge in [0.1, 0.15) is 22.3 Å². The fourth-order valence-corrected chi connectivity index (χ4v) is 12.6. The summed E-state index contributed by atoms with van der Waals surface area (Å²) in [5, 5.41) is 13.7. The molecule has 6 nitrogen and oxygen atoms in total. The summed E-state index contributed by atoms with van der Waals surface area (Å²) < 4.78 is 23.6. The van der Waals surface area contributed by atoms with E-state index >= 15 is 0 Å². The molecule has 0 N–H and O–H groups in total. The van der Waals surface area contributed by atoms with Crippen LogP contribution in [0.1, 0.15) is 0 Å². The van der Waals surface area contributed by atoms with Gasteiger partial charge in [0, 0.05) is 65.2 Å². The summed E-state index contributed by atoms with van der Waals surface area (Å²) >= 11 is 0. The molecule has 0 fully saturated rings. The van der Waals surface area contributed by atoms with E-state index in [9.17, 15) is 0 Å². The number of hydrogen-bond donors (Lipinski definition) is 0. The van der Waals surface area contributed by atoms with Crippen LogP contribution in [0.4, 0.5) is 0 Å². The minimum absolute atomic E-state index is 0.877. The average molecular weight is 919 g/mol. The Morgan fingerprint density at radius 3 is 0.944 bits per heavy atom. The quantitative estimate of drug-likeness (QED) is 0.177. The van der Waals surface area contributed by atoms with Crippen LogP contribution in [0.5, 0.6) is 0 Å². The van der Waals surface area contributed by atoms with E-state index in [1.807, 2.05) is 0 Å². The van der Waals surface area contributed by atoms with E-state index < -0.39 is 0 Å². The van der Waals surface area contributed by atoms with Crippen molar-refractivity contribution < 1.29 is 8.83 Å². The maximum atomic E-state index is 6.94. The van der Waals surface area contributed by atoms with Crippen molar-refractivity contribution in [3.8, 4) is 22.7 Å². The zero-order chi connectivity index (χ0) is 46.8. The van der Waals surface area contributed by atoms with Crippen LogP contribution in [-0.4, -0.2) is 18.3 Å². The second kappa shape index (κ2) is 13.9. The molecule has 11 aromatic carbocycles. The predicted octanol–water partition coefficient (Wildman–Crippen LogP) is 17.9. The van der Waals surface area contributed by atoms with Crippen LogP contribution in [-0.2, 0) is 0 Å². The van der Waals surface area contributed by atoms with Crippen LogP contribution in [0.2, 0.25) is 0 Å². The first-order valence-corrected chi connectivity index (χ1v) is 24.6. The number of fused-ring (bicyclic) bond motifs is 20. The molecule has 6 aromatic heterocycles. The second-order valence-electron chi connectivity index (χ2n) is 19.2. The first kappa shape index (κ1) is 38.1. The van der Waals surface area contributed by atoms with Crippen molar-refractivity contribution in [2.75, 3.05) is 0 Å². The van der Waals surface area contributed by atoms with Gasteiger partial charge in [0.25, 0.3) is 0 Å². The molecule has 334 valence electrons. The van der Waals surface area contributed by atoms with Crippen molar-refractivity contribution in [3.63, 3.8) is 0 Å². The third-order valence-corrected chi connectivity index (χ3v) is 15.6. The Bertz CT molecular complexity index is 4750. The first-order valence-electron chi connectivity index (χ1n) is 24.6. The Kier molecular flexibility index (Phi) is 7.38. The second-order valence-corrected chi connectivity index (χ2v) is 19.2. The lowest BCUT2D eigenvalue weighted by molar-refractivity contribution is 0.672. The van der Waals surface area contributed by atoms with Gasteiger partial charge in [-0.2, -0.15) is 0 Å². The lowest BCUT2D eigenvalue weighted by Crippen LogP contribution is -2.03. The highest BCUT2D eigenvalue weighted by atomic mass is 16.3. The number of benzene rings is 11. The smallest absolute Gasteiger partial charge is 0.145 e. The van der Waals surface area contributed by atoms with Gasteiger partial charge in [0.15, 0.2) is 0 Å². The number of aromatic nitrogens is 4. The fraction of sp³-hybridized carbons (Fsp3) is 0. The van der Waals surface area contributed by atoms with Crippen LogP contribution < -0.4 is 0 Å². The molecule has 0 amide bonds. The van der Waals surface area contributed by atoms with Crippen LogP contribution in [0.3, 0.4) is 0 Å². The van der Waals surface area contributed by atoms with E-state index in [-0.39, 0.29) is 0 Å². The van der Waals surface area contributed by atoms with Gasteiger partial charge in [-0.15, -0.1) is 0 Å². The summed E-state index contributed by atoms with van der Waals surface area (Å²) in [5.41, 5.74) is 16.8. The van der Waals surface area contributed by atoms with E-state index in [0.717, 1.165) is 110 Å². The molecule has 72 heavy (non-hydrogen) atoms. The van der Waals surface area contributed by atoms with Crippen molar-refractivity contribution in [1.29, 1.82) is 0 Å². The van der Waals surface area contributed by atoms with Crippen LogP contribution in [0.25, 0.3) is 154 Å². The maximum absolute atomic E-state index is 6.94. The number of hydrogen-bond acceptors (Lipinski definition) is 2. The molecule has 17 aromatic rings. The molecule has 0 radical (unpaired) electrons. The SMILES string of the molecule is c1ccc(-n2c3ccc(-n4c5ccccc5c5ccccc54)cc3c3c4oc5ccccc5c4ccc32)c(-n2c3ccc(-n4c5ccccc5c5ccccc54)cc3c3c4oc5ccccc5c4ccc32)c1. The fourth-order valence-electron chi connectivity index (χ4n) is 12.6. The first-order chi connectivity index (χ1) is 35.7. The van der Waals surface area contributed by atoms with Gasteiger partial charge < -0.3 is 27.1 Å². The van der Waals surface area contributed by atoms with Crippen molar-refractivity contribution in [2.45, 2.75) is 0 Å². The molecule has 0 atom stereocenters. The topological polar surface area (TPSA) is 46.0 Å². The molecule has 0 bridgehead atoms. The minimum Gasteiger partial charge on any atom is -0.455 e. The molecule has 6 heteroatoms.